The first-order chi connectivity index (χ1) is 14.6. The number of likely N-dealkylation sites (tertiary alicyclic amines) is 1. The summed E-state index contributed by atoms with van der Waals surface area (Å²) < 4.78 is 11.2. The van der Waals surface area contributed by atoms with Crippen LogP contribution in [0.2, 0.25) is 0 Å². The lowest BCUT2D eigenvalue weighted by Gasteiger charge is -2.31. The van der Waals surface area contributed by atoms with Crippen LogP contribution in [0.5, 0.6) is 5.75 Å². The number of rotatable bonds is 6. The van der Waals surface area contributed by atoms with E-state index in [9.17, 15) is 4.79 Å². The van der Waals surface area contributed by atoms with Crippen LogP contribution in [0.1, 0.15) is 57.4 Å². The third kappa shape index (κ3) is 5.45. The lowest BCUT2D eigenvalue weighted by atomic mass is 9.86. The van der Waals surface area contributed by atoms with Crippen molar-refractivity contribution in [3.8, 4) is 5.75 Å². The van der Waals surface area contributed by atoms with Gasteiger partial charge in [0.25, 0.3) is 0 Å². The largest absolute Gasteiger partial charge is 0.506 e. The fraction of sp³-hybridized carbons (Fsp3) is 0.560. The second-order valence-electron chi connectivity index (χ2n) is 8.87. The van der Waals surface area contributed by atoms with E-state index >= 15 is 0 Å². The maximum Gasteiger partial charge on any atom is 0.506 e. The van der Waals surface area contributed by atoms with Gasteiger partial charge in [-0.25, -0.2) is 4.79 Å². The minimum atomic E-state index is -1.17. The molecule has 0 atom stereocenters. The lowest BCUT2D eigenvalue weighted by molar-refractivity contribution is 0.0185. The van der Waals surface area contributed by atoms with Gasteiger partial charge in [0.1, 0.15) is 11.9 Å². The van der Waals surface area contributed by atoms with Gasteiger partial charge in [0.05, 0.1) is 6.10 Å². The molecular weight excluding hydrogens is 378 g/mol. The topological polar surface area (TPSA) is 59.0 Å². The number of hydrogen-bond acceptors (Lipinski definition) is 4. The van der Waals surface area contributed by atoms with Gasteiger partial charge in [0, 0.05) is 19.6 Å². The highest BCUT2D eigenvalue weighted by atomic mass is 16.7. The number of hydrogen-bond donors (Lipinski definition) is 1. The number of piperidine rings is 1. The van der Waals surface area contributed by atoms with Crippen molar-refractivity contribution in [3.63, 3.8) is 0 Å². The minimum absolute atomic E-state index is 0.161. The Hall–Kier alpha value is -2.27. The maximum absolute atomic E-state index is 10.7. The van der Waals surface area contributed by atoms with E-state index in [2.05, 4.69) is 48.2 Å². The molecular formula is C25H33NO4. The first-order valence-electron chi connectivity index (χ1n) is 11.4. The minimum Gasteiger partial charge on any atom is -0.490 e. The van der Waals surface area contributed by atoms with Crippen LogP contribution in [0.15, 0.2) is 36.4 Å². The van der Waals surface area contributed by atoms with Gasteiger partial charge in [0.2, 0.25) is 0 Å². The molecule has 0 aromatic heterocycles. The Labute approximate surface area is 179 Å². The van der Waals surface area contributed by atoms with E-state index in [0.29, 0.717) is 6.10 Å². The molecule has 5 heteroatoms. The first kappa shape index (κ1) is 21.0. The van der Waals surface area contributed by atoms with Gasteiger partial charge >= 0.3 is 6.16 Å². The van der Waals surface area contributed by atoms with E-state index in [1.54, 1.807) is 0 Å². The number of carboxylic acid groups (broad SMARTS) is 1. The van der Waals surface area contributed by atoms with E-state index in [1.165, 1.54) is 48.4 Å². The van der Waals surface area contributed by atoms with Gasteiger partial charge in [-0.2, -0.15) is 0 Å². The summed E-state index contributed by atoms with van der Waals surface area (Å²) in [6.45, 7) is 4.90. The summed E-state index contributed by atoms with van der Waals surface area (Å²) in [5, 5.41) is 11.2. The van der Waals surface area contributed by atoms with Gasteiger partial charge in [-0.05, 0) is 79.0 Å². The van der Waals surface area contributed by atoms with E-state index in [0.717, 1.165) is 44.1 Å². The van der Waals surface area contributed by atoms with Crippen molar-refractivity contribution in [1.29, 1.82) is 0 Å². The monoisotopic (exact) mass is 411 g/mol. The molecule has 1 aliphatic heterocycles. The van der Waals surface area contributed by atoms with E-state index in [4.69, 9.17) is 14.6 Å². The van der Waals surface area contributed by atoms with Gasteiger partial charge in [-0.15, -0.1) is 0 Å². The third-order valence-electron chi connectivity index (χ3n) is 6.76. The molecule has 1 aliphatic carbocycles. The summed E-state index contributed by atoms with van der Waals surface area (Å²) in [7, 11) is 0. The fourth-order valence-corrected chi connectivity index (χ4v) is 4.88. The number of nitrogens with zero attached hydrogens (tertiary/aromatic N) is 1. The molecule has 2 aromatic carbocycles. The number of fused-ring (bicyclic) bond motifs is 1. The summed E-state index contributed by atoms with van der Waals surface area (Å²) in [4.78, 5) is 13.0. The Morgan fingerprint density at radius 1 is 0.967 bits per heavy atom. The molecule has 5 nitrogen and oxygen atoms in total. The number of benzene rings is 2. The molecule has 0 bridgehead atoms. The highest BCUT2D eigenvalue weighted by molar-refractivity contribution is 5.84. The van der Waals surface area contributed by atoms with Crippen molar-refractivity contribution < 1.29 is 19.4 Å². The molecule has 1 heterocycles. The fourth-order valence-electron chi connectivity index (χ4n) is 4.88. The second-order valence-corrected chi connectivity index (χ2v) is 8.87. The Morgan fingerprint density at radius 3 is 2.37 bits per heavy atom. The summed E-state index contributed by atoms with van der Waals surface area (Å²) in [5.41, 5.74) is 1.28. The van der Waals surface area contributed by atoms with Crippen LogP contribution in [0.3, 0.4) is 0 Å². The van der Waals surface area contributed by atoms with Crippen LogP contribution < -0.4 is 4.74 Å². The quantitative estimate of drug-likeness (QED) is 0.605. The van der Waals surface area contributed by atoms with Gasteiger partial charge in [0.15, 0.2) is 0 Å². The molecule has 0 unspecified atom stereocenters. The predicted octanol–water partition coefficient (Wildman–Crippen LogP) is 5.85. The van der Waals surface area contributed by atoms with Gasteiger partial charge < -0.3 is 14.6 Å². The Bertz CT molecular complexity index is 851. The van der Waals surface area contributed by atoms with Crippen LogP contribution in [0.4, 0.5) is 4.79 Å². The molecule has 2 fully saturated rings. The molecule has 0 spiro atoms. The smallest absolute Gasteiger partial charge is 0.490 e. The van der Waals surface area contributed by atoms with E-state index < -0.39 is 6.16 Å². The van der Waals surface area contributed by atoms with Gasteiger partial charge in [-0.1, -0.05) is 31.5 Å². The Morgan fingerprint density at radius 2 is 1.67 bits per heavy atom. The van der Waals surface area contributed by atoms with Crippen LogP contribution in [0.25, 0.3) is 10.8 Å². The average Bonchev–Trinajstić information content (AvgIpc) is 2.75. The number of ether oxygens (including phenoxy) is 2. The Balaban J connectivity index is 1.33. The predicted molar refractivity (Wildman–Crippen MR) is 118 cm³/mol. The molecule has 162 valence electrons. The normalized spacial score (nSPS) is 23.4. The van der Waals surface area contributed by atoms with E-state index in [1.807, 2.05) is 0 Å². The highest BCUT2D eigenvalue weighted by Gasteiger charge is 2.23. The van der Waals surface area contributed by atoms with Crippen molar-refractivity contribution in [3.05, 3.63) is 42.0 Å². The van der Waals surface area contributed by atoms with Crippen molar-refractivity contribution in [2.45, 2.75) is 70.6 Å². The summed E-state index contributed by atoms with van der Waals surface area (Å²) in [6, 6.07) is 13.1. The van der Waals surface area contributed by atoms with Crippen LogP contribution in [-0.4, -0.2) is 41.5 Å². The van der Waals surface area contributed by atoms with Crippen molar-refractivity contribution >= 4 is 16.9 Å². The summed E-state index contributed by atoms with van der Waals surface area (Å²) in [6.07, 6.45) is 6.77. The lowest BCUT2D eigenvalue weighted by Crippen LogP contribution is -2.37. The zero-order chi connectivity index (χ0) is 20.9. The van der Waals surface area contributed by atoms with Gasteiger partial charge in [-0.3, -0.25) is 4.90 Å². The van der Waals surface area contributed by atoms with Crippen LogP contribution in [-0.2, 0) is 11.3 Å². The average molecular weight is 412 g/mol. The second kappa shape index (κ2) is 9.69. The molecule has 0 amide bonds. The Kier molecular flexibility index (Phi) is 6.78. The SMILES string of the molecule is CC[C@H]1CC[C@@H](Oc2ccc3cc(CN4CCC(OC(=O)O)CC4)ccc3c2)CC1. The van der Waals surface area contributed by atoms with Crippen molar-refractivity contribution in [1.82, 2.24) is 4.90 Å². The molecule has 0 radical (unpaired) electrons. The zero-order valence-electron chi connectivity index (χ0n) is 17.9. The molecule has 2 aromatic rings. The van der Waals surface area contributed by atoms with Crippen LogP contribution in [0, 0.1) is 5.92 Å². The molecule has 1 saturated carbocycles. The molecule has 1 N–H and O–H groups in total. The number of carbonyl (C=O) groups is 1. The first-order valence-corrected chi connectivity index (χ1v) is 11.4. The zero-order valence-corrected chi connectivity index (χ0v) is 17.9. The molecule has 30 heavy (non-hydrogen) atoms. The molecule has 4 rings (SSSR count). The van der Waals surface area contributed by atoms with Crippen molar-refractivity contribution in [2.75, 3.05) is 13.1 Å². The molecule has 1 saturated heterocycles. The van der Waals surface area contributed by atoms with E-state index in [-0.39, 0.29) is 6.10 Å². The summed E-state index contributed by atoms with van der Waals surface area (Å²) in [5.74, 6) is 1.87. The highest BCUT2D eigenvalue weighted by Crippen LogP contribution is 2.31. The standard InChI is InChI=1S/C25H33NO4/c1-2-18-4-8-22(9-5-18)29-24-10-7-20-15-19(3-6-21(20)16-24)17-26-13-11-23(12-14-26)30-25(27)28/h3,6-7,10,15-16,18,22-23H,2,4-5,8-9,11-14,17H2,1H3,(H,27,28)/t18-,22+. The summed E-state index contributed by atoms with van der Waals surface area (Å²) >= 11 is 0. The molecule has 2 aliphatic rings. The third-order valence-corrected chi connectivity index (χ3v) is 6.76. The van der Waals surface area contributed by atoms with Crippen molar-refractivity contribution in [2.24, 2.45) is 5.92 Å². The van der Waals surface area contributed by atoms with Crippen LogP contribution >= 0.6 is 0 Å². The maximum atomic E-state index is 10.7.